The standard InChI is InChI=1S/C23H30ClFN4O5/c1-10-7-29-13(8-28(10)22(32)34-23(4,5)6)12(3)33-21-16-15(17(25)19(24)27-21)11(2)18(14(31)9-30)26-20(16)29/h10,12-14,30-31H,7-9H2,1-6H3/t10?,12-,13-,14?/m0/s1. The number of fused-ring (bicyclic) bond motifs is 2. The zero-order chi connectivity index (χ0) is 25.1. The molecular formula is C23H30ClFN4O5. The van der Waals surface area contributed by atoms with E-state index < -0.39 is 36.3 Å². The number of carbonyl (C=O) groups is 1. The lowest BCUT2D eigenvalue weighted by atomic mass is 10.00. The predicted octanol–water partition coefficient (Wildman–Crippen LogP) is 3.35. The number of aryl methyl sites for hydroxylation is 1. The highest BCUT2D eigenvalue weighted by Gasteiger charge is 2.43. The van der Waals surface area contributed by atoms with Crippen molar-refractivity contribution >= 4 is 34.3 Å². The Hall–Kier alpha value is -2.43. The summed E-state index contributed by atoms with van der Waals surface area (Å²) in [7, 11) is 0. The van der Waals surface area contributed by atoms with Crippen LogP contribution in [-0.2, 0) is 4.74 Å². The van der Waals surface area contributed by atoms with Crippen molar-refractivity contribution in [2.45, 2.75) is 71.4 Å². The third-order valence-electron chi connectivity index (χ3n) is 6.28. The summed E-state index contributed by atoms with van der Waals surface area (Å²) in [5, 5.41) is 20.1. The maximum Gasteiger partial charge on any atom is 0.410 e. The molecule has 1 amide bonds. The summed E-state index contributed by atoms with van der Waals surface area (Å²) in [6.07, 6.45) is -2.20. The molecule has 2 unspecified atom stereocenters. The molecule has 2 aliphatic rings. The molecule has 0 spiro atoms. The first kappa shape index (κ1) is 24.7. The molecule has 2 N–H and O–H groups in total. The molecule has 4 rings (SSSR count). The van der Waals surface area contributed by atoms with Crippen LogP contribution in [0.15, 0.2) is 0 Å². The minimum atomic E-state index is -1.31. The topological polar surface area (TPSA) is 108 Å². The molecule has 1 fully saturated rings. The van der Waals surface area contributed by atoms with Crippen LogP contribution in [-0.4, -0.2) is 74.7 Å². The quantitative estimate of drug-likeness (QED) is 0.609. The van der Waals surface area contributed by atoms with Crippen LogP contribution >= 0.6 is 11.6 Å². The summed E-state index contributed by atoms with van der Waals surface area (Å²) >= 11 is 6.11. The van der Waals surface area contributed by atoms with E-state index in [-0.39, 0.29) is 40.7 Å². The van der Waals surface area contributed by atoms with E-state index in [9.17, 15) is 15.0 Å². The second kappa shape index (κ2) is 8.66. The monoisotopic (exact) mass is 496 g/mol. The number of hydrogen-bond donors (Lipinski definition) is 2. The van der Waals surface area contributed by atoms with Gasteiger partial charge in [-0.15, -0.1) is 0 Å². The maximum absolute atomic E-state index is 15.3. The summed E-state index contributed by atoms with van der Waals surface area (Å²) in [6.45, 7) is 10.8. The first-order valence-electron chi connectivity index (χ1n) is 11.2. The van der Waals surface area contributed by atoms with Gasteiger partial charge in [0.2, 0.25) is 5.88 Å². The second-order valence-corrected chi connectivity index (χ2v) is 10.3. The van der Waals surface area contributed by atoms with E-state index in [1.165, 1.54) is 0 Å². The van der Waals surface area contributed by atoms with Gasteiger partial charge in [0.05, 0.1) is 23.7 Å². The Morgan fingerprint density at radius 3 is 2.59 bits per heavy atom. The van der Waals surface area contributed by atoms with Gasteiger partial charge >= 0.3 is 6.09 Å². The lowest BCUT2D eigenvalue weighted by Crippen LogP contribution is -2.63. The largest absolute Gasteiger partial charge is 0.472 e. The number of aromatic nitrogens is 2. The molecule has 0 saturated carbocycles. The Morgan fingerprint density at radius 1 is 1.29 bits per heavy atom. The van der Waals surface area contributed by atoms with E-state index in [0.717, 1.165) is 0 Å². The van der Waals surface area contributed by atoms with Crippen molar-refractivity contribution in [3.05, 3.63) is 22.2 Å². The van der Waals surface area contributed by atoms with Crippen LogP contribution in [0.5, 0.6) is 5.88 Å². The van der Waals surface area contributed by atoms with Gasteiger partial charge in [0.1, 0.15) is 23.6 Å². The summed E-state index contributed by atoms with van der Waals surface area (Å²) < 4.78 is 27.0. The predicted molar refractivity (Wildman–Crippen MR) is 125 cm³/mol. The smallest absolute Gasteiger partial charge is 0.410 e. The highest BCUT2D eigenvalue weighted by molar-refractivity contribution is 6.30. The van der Waals surface area contributed by atoms with E-state index in [0.29, 0.717) is 23.3 Å². The summed E-state index contributed by atoms with van der Waals surface area (Å²) in [5.41, 5.74) is -0.153. The highest BCUT2D eigenvalue weighted by atomic mass is 35.5. The number of aliphatic hydroxyl groups excluding tert-OH is 2. The molecular weight excluding hydrogens is 467 g/mol. The van der Waals surface area contributed by atoms with Gasteiger partial charge < -0.3 is 29.5 Å². The first-order valence-corrected chi connectivity index (χ1v) is 11.6. The zero-order valence-electron chi connectivity index (χ0n) is 20.1. The zero-order valence-corrected chi connectivity index (χ0v) is 20.9. The van der Waals surface area contributed by atoms with E-state index in [1.54, 1.807) is 11.8 Å². The number of ether oxygens (including phenoxy) is 2. The van der Waals surface area contributed by atoms with Gasteiger partial charge in [-0.05, 0) is 47.1 Å². The van der Waals surface area contributed by atoms with Crippen LogP contribution in [0.2, 0.25) is 5.15 Å². The second-order valence-electron chi connectivity index (χ2n) is 9.94. The average molecular weight is 497 g/mol. The molecule has 0 radical (unpaired) electrons. The van der Waals surface area contributed by atoms with Gasteiger partial charge in [-0.25, -0.2) is 14.2 Å². The molecule has 11 heteroatoms. The molecule has 186 valence electrons. The van der Waals surface area contributed by atoms with Crippen molar-refractivity contribution in [3.8, 4) is 5.88 Å². The van der Waals surface area contributed by atoms with Crippen molar-refractivity contribution in [1.29, 1.82) is 0 Å². The lowest BCUT2D eigenvalue weighted by Gasteiger charge is -2.46. The SMILES string of the molecule is Cc1c(C(O)CO)nc2c3c(nc(Cl)c(F)c13)O[C@@H](C)[C@@H]1CN(C(=O)OC(C)(C)C)C(C)CN21. The minimum Gasteiger partial charge on any atom is -0.472 e. The fourth-order valence-corrected chi connectivity index (χ4v) is 4.80. The van der Waals surface area contributed by atoms with Gasteiger partial charge in [-0.3, -0.25) is 0 Å². The number of amides is 1. The highest BCUT2D eigenvalue weighted by Crippen LogP contribution is 2.44. The van der Waals surface area contributed by atoms with Crippen molar-refractivity contribution in [2.75, 3.05) is 24.6 Å². The normalized spacial score (nSPS) is 23.3. The van der Waals surface area contributed by atoms with Crippen molar-refractivity contribution in [2.24, 2.45) is 0 Å². The number of piperazine rings is 1. The van der Waals surface area contributed by atoms with Crippen LogP contribution in [0.4, 0.5) is 15.0 Å². The summed E-state index contributed by atoms with van der Waals surface area (Å²) in [4.78, 5) is 25.3. The lowest BCUT2D eigenvalue weighted by molar-refractivity contribution is 0.00763. The van der Waals surface area contributed by atoms with Gasteiger partial charge in [0.25, 0.3) is 0 Å². The molecule has 0 bridgehead atoms. The number of rotatable bonds is 2. The third kappa shape index (κ3) is 4.12. The van der Waals surface area contributed by atoms with Gasteiger partial charge in [0.15, 0.2) is 11.0 Å². The van der Waals surface area contributed by atoms with Crippen molar-refractivity contribution in [3.63, 3.8) is 0 Å². The molecule has 2 aromatic rings. The molecule has 4 atom stereocenters. The fraction of sp³-hybridized carbons (Fsp3) is 0.609. The third-order valence-corrected chi connectivity index (χ3v) is 6.53. The molecule has 2 aliphatic heterocycles. The number of halogens is 2. The first-order chi connectivity index (χ1) is 15.8. The van der Waals surface area contributed by atoms with Crippen LogP contribution in [0, 0.1) is 12.7 Å². The van der Waals surface area contributed by atoms with Crippen LogP contribution in [0.3, 0.4) is 0 Å². The van der Waals surface area contributed by atoms with Gasteiger partial charge in [-0.1, -0.05) is 11.6 Å². The number of nitrogens with zero attached hydrogens (tertiary/aromatic N) is 4. The van der Waals surface area contributed by atoms with E-state index in [2.05, 4.69) is 9.97 Å². The Kier molecular flexibility index (Phi) is 6.28. The van der Waals surface area contributed by atoms with E-state index >= 15 is 4.39 Å². The van der Waals surface area contributed by atoms with E-state index in [4.69, 9.17) is 21.1 Å². The molecule has 9 nitrogen and oxygen atoms in total. The number of hydrogen-bond acceptors (Lipinski definition) is 8. The Balaban J connectivity index is 1.88. The molecule has 0 aromatic carbocycles. The maximum atomic E-state index is 15.3. The van der Waals surface area contributed by atoms with E-state index in [1.807, 2.05) is 39.5 Å². The molecule has 34 heavy (non-hydrogen) atoms. The Labute approximate surface area is 202 Å². The summed E-state index contributed by atoms with van der Waals surface area (Å²) in [5.74, 6) is -0.246. The van der Waals surface area contributed by atoms with Crippen molar-refractivity contribution < 1.29 is 28.9 Å². The van der Waals surface area contributed by atoms with Crippen molar-refractivity contribution in [1.82, 2.24) is 14.9 Å². The average Bonchev–Trinajstić information content (AvgIpc) is 2.84. The van der Waals surface area contributed by atoms with Gasteiger partial charge in [-0.2, -0.15) is 4.98 Å². The number of carbonyl (C=O) groups excluding carboxylic acids is 1. The molecule has 4 heterocycles. The summed E-state index contributed by atoms with van der Waals surface area (Å²) in [6, 6.07) is -0.619. The Bertz CT molecular complexity index is 1140. The molecule has 0 aliphatic carbocycles. The number of aliphatic hydroxyl groups is 2. The van der Waals surface area contributed by atoms with Crippen LogP contribution in [0.1, 0.15) is 52.0 Å². The Morgan fingerprint density at radius 2 is 1.97 bits per heavy atom. The number of anilines is 1. The minimum absolute atomic E-state index is 0.135. The molecule has 1 saturated heterocycles. The van der Waals surface area contributed by atoms with Gasteiger partial charge in [0, 0.05) is 24.5 Å². The molecule has 2 aromatic heterocycles. The van der Waals surface area contributed by atoms with Crippen LogP contribution < -0.4 is 9.64 Å². The number of pyridine rings is 2. The van der Waals surface area contributed by atoms with Crippen LogP contribution in [0.25, 0.3) is 10.8 Å². The fourth-order valence-electron chi connectivity index (χ4n) is 4.63.